The van der Waals surface area contributed by atoms with Crippen LogP contribution in [-0.4, -0.2) is 36.6 Å². The van der Waals surface area contributed by atoms with Gasteiger partial charge in [-0.05, 0) is 33.2 Å². The second-order valence-corrected chi connectivity index (χ2v) is 4.30. The standard InChI is InChI=1S/C12H20N2O2/c1-3-16-12(15)11-5-4-8-14(9-11)10(2)6-7-13/h10-11H,3-6,8-9H2,1-2H3/t10?,11-/m1/s1. The molecule has 0 bridgehead atoms. The summed E-state index contributed by atoms with van der Waals surface area (Å²) in [6, 6.07) is 2.41. The first-order valence-electron chi connectivity index (χ1n) is 5.96. The second-order valence-electron chi connectivity index (χ2n) is 4.30. The SMILES string of the molecule is CCOC(=O)[C@@H]1CCCN(C(C)CC#N)C1. The van der Waals surface area contributed by atoms with Gasteiger partial charge in [0.15, 0.2) is 0 Å². The maximum atomic E-state index is 11.6. The van der Waals surface area contributed by atoms with Crippen LogP contribution in [-0.2, 0) is 9.53 Å². The number of ether oxygens (including phenoxy) is 1. The summed E-state index contributed by atoms with van der Waals surface area (Å²) in [4.78, 5) is 13.8. The number of nitrogens with zero attached hydrogens (tertiary/aromatic N) is 2. The van der Waals surface area contributed by atoms with Crippen LogP contribution >= 0.6 is 0 Å². The minimum Gasteiger partial charge on any atom is -0.466 e. The molecule has 1 unspecified atom stereocenters. The van der Waals surface area contributed by atoms with Gasteiger partial charge in [-0.2, -0.15) is 5.26 Å². The molecule has 1 rings (SSSR count). The van der Waals surface area contributed by atoms with Crippen LogP contribution in [0.2, 0.25) is 0 Å². The third kappa shape index (κ3) is 3.49. The van der Waals surface area contributed by atoms with Crippen LogP contribution in [0.4, 0.5) is 0 Å². The van der Waals surface area contributed by atoms with Gasteiger partial charge in [0.05, 0.1) is 25.0 Å². The Morgan fingerprint density at radius 3 is 3.06 bits per heavy atom. The Hall–Kier alpha value is -1.08. The number of likely N-dealkylation sites (tertiary alicyclic amines) is 1. The molecule has 0 aromatic heterocycles. The zero-order chi connectivity index (χ0) is 12.0. The molecule has 1 fully saturated rings. The van der Waals surface area contributed by atoms with Gasteiger partial charge in [-0.3, -0.25) is 9.69 Å². The van der Waals surface area contributed by atoms with E-state index < -0.39 is 0 Å². The zero-order valence-corrected chi connectivity index (χ0v) is 10.1. The summed E-state index contributed by atoms with van der Waals surface area (Å²) in [5, 5.41) is 8.66. The normalized spacial score (nSPS) is 23.4. The maximum Gasteiger partial charge on any atom is 0.310 e. The van der Waals surface area contributed by atoms with E-state index in [1.807, 2.05) is 13.8 Å². The monoisotopic (exact) mass is 224 g/mol. The molecule has 0 saturated carbocycles. The van der Waals surface area contributed by atoms with Gasteiger partial charge in [0.25, 0.3) is 0 Å². The van der Waals surface area contributed by atoms with Gasteiger partial charge in [-0.15, -0.1) is 0 Å². The molecule has 0 aromatic carbocycles. The Bertz CT molecular complexity index is 273. The summed E-state index contributed by atoms with van der Waals surface area (Å²) in [5.74, 6) is -0.0915. The lowest BCUT2D eigenvalue weighted by molar-refractivity contribution is -0.150. The van der Waals surface area contributed by atoms with Crippen molar-refractivity contribution in [1.29, 1.82) is 5.26 Å². The number of carbonyl (C=O) groups excluding carboxylic acids is 1. The Kier molecular flexibility index (Phi) is 5.27. The smallest absolute Gasteiger partial charge is 0.310 e. The molecule has 0 amide bonds. The van der Waals surface area contributed by atoms with Crippen LogP contribution in [0.3, 0.4) is 0 Å². The van der Waals surface area contributed by atoms with Crippen molar-refractivity contribution in [3.63, 3.8) is 0 Å². The van der Waals surface area contributed by atoms with Crippen molar-refractivity contribution < 1.29 is 9.53 Å². The minimum atomic E-state index is -0.0867. The lowest BCUT2D eigenvalue weighted by Crippen LogP contribution is -2.43. The van der Waals surface area contributed by atoms with Crippen LogP contribution < -0.4 is 0 Å². The van der Waals surface area contributed by atoms with Crippen molar-refractivity contribution >= 4 is 5.97 Å². The zero-order valence-electron chi connectivity index (χ0n) is 10.1. The Balaban J connectivity index is 2.47. The molecule has 4 nitrogen and oxygen atoms in total. The first-order valence-corrected chi connectivity index (χ1v) is 5.96. The Morgan fingerprint density at radius 1 is 1.69 bits per heavy atom. The average molecular weight is 224 g/mol. The van der Waals surface area contributed by atoms with Crippen LogP contribution in [0.15, 0.2) is 0 Å². The highest BCUT2D eigenvalue weighted by molar-refractivity contribution is 5.72. The predicted molar refractivity (Wildman–Crippen MR) is 60.6 cm³/mol. The lowest BCUT2D eigenvalue weighted by Gasteiger charge is -2.34. The summed E-state index contributed by atoms with van der Waals surface area (Å²) in [6.45, 7) is 6.04. The maximum absolute atomic E-state index is 11.6. The third-order valence-corrected chi connectivity index (χ3v) is 3.08. The fourth-order valence-electron chi connectivity index (χ4n) is 2.12. The highest BCUT2D eigenvalue weighted by Crippen LogP contribution is 2.20. The van der Waals surface area contributed by atoms with Gasteiger partial charge in [0.1, 0.15) is 0 Å². The van der Waals surface area contributed by atoms with E-state index in [2.05, 4.69) is 11.0 Å². The van der Waals surface area contributed by atoms with E-state index in [0.717, 1.165) is 25.9 Å². The van der Waals surface area contributed by atoms with E-state index in [0.29, 0.717) is 13.0 Å². The van der Waals surface area contributed by atoms with Crippen molar-refractivity contribution in [2.45, 2.75) is 39.2 Å². The van der Waals surface area contributed by atoms with Gasteiger partial charge >= 0.3 is 5.97 Å². The molecule has 1 heterocycles. The number of hydrogen-bond donors (Lipinski definition) is 0. The third-order valence-electron chi connectivity index (χ3n) is 3.08. The quantitative estimate of drug-likeness (QED) is 0.680. The van der Waals surface area contributed by atoms with Crippen molar-refractivity contribution in [2.75, 3.05) is 19.7 Å². The van der Waals surface area contributed by atoms with E-state index in [4.69, 9.17) is 10.00 Å². The van der Waals surface area contributed by atoms with E-state index in [1.165, 1.54) is 0 Å². The number of carbonyl (C=O) groups is 1. The molecule has 4 heteroatoms. The molecule has 0 spiro atoms. The summed E-state index contributed by atoms with van der Waals surface area (Å²) < 4.78 is 5.04. The molecule has 0 N–H and O–H groups in total. The molecule has 1 aliphatic rings. The van der Waals surface area contributed by atoms with Crippen molar-refractivity contribution in [3.8, 4) is 6.07 Å². The van der Waals surface area contributed by atoms with Gasteiger partial charge in [-0.25, -0.2) is 0 Å². The summed E-state index contributed by atoms with van der Waals surface area (Å²) in [5.41, 5.74) is 0. The van der Waals surface area contributed by atoms with Gasteiger partial charge in [-0.1, -0.05) is 0 Å². The van der Waals surface area contributed by atoms with E-state index in [9.17, 15) is 4.79 Å². The van der Waals surface area contributed by atoms with E-state index in [-0.39, 0.29) is 17.9 Å². The molecule has 0 aliphatic carbocycles. The van der Waals surface area contributed by atoms with Crippen LogP contribution in [0.5, 0.6) is 0 Å². The van der Waals surface area contributed by atoms with Crippen LogP contribution in [0.1, 0.15) is 33.1 Å². The van der Waals surface area contributed by atoms with Crippen molar-refractivity contribution in [3.05, 3.63) is 0 Å². The molecule has 2 atom stereocenters. The second kappa shape index (κ2) is 6.49. The number of esters is 1. The fraction of sp³-hybridized carbons (Fsp3) is 0.833. The molecule has 0 radical (unpaired) electrons. The topological polar surface area (TPSA) is 53.3 Å². The first-order chi connectivity index (χ1) is 7.69. The number of hydrogen-bond acceptors (Lipinski definition) is 4. The molecular formula is C12H20N2O2. The van der Waals surface area contributed by atoms with Gasteiger partial charge in [0, 0.05) is 12.6 Å². The highest BCUT2D eigenvalue weighted by atomic mass is 16.5. The Labute approximate surface area is 97.2 Å². The molecular weight excluding hydrogens is 204 g/mol. The summed E-state index contributed by atoms with van der Waals surface area (Å²) in [6.07, 6.45) is 2.45. The fourth-order valence-corrected chi connectivity index (χ4v) is 2.12. The minimum absolute atomic E-state index is 0.00478. The molecule has 16 heavy (non-hydrogen) atoms. The average Bonchev–Trinajstić information content (AvgIpc) is 2.30. The first kappa shape index (κ1) is 13.0. The highest BCUT2D eigenvalue weighted by Gasteiger charge is 2.28. The van der Waals surface area contributed by atoms with Gasteiger partial charge in [0.2, 0.25) is 0 Å². The van der Waals surface area contributed by atoms with Crippen molar-refractivity contribution in [1.82, 2.24) is 4.90 Å². The van der Waals surface area contributed by atoms with E-state index >= 15 is 0 Å². The number of rotatable bonds is 4. The van der Waals surface area contributed by atoms with Gasteiger partial charge < -0.3 is 4.74 Å². The largest absolute Gasteiger partial charge is 0.466 e. The van der Waals surface area contributed by atoms with Crippen LogP contribution in [0.25, 0.3) is 0 Å². The van der Waals surface area contributed by atoms with Crippen LogP contribution in [0, 0.1) is 17.2 Å². The summed E-state index contributed by atoms with van der Waals surface area (Å²) in [7, 11) is 0. The molecule has 1 saturated heterocycles. The summed E-state index contributed by atoms with van der Waals surface area (Å²) >= 11 is 0. The molecule has 90 valence electrons. The Morgan fingerprint density at radius 2 is 2.44 bits per heavy atom. The van der Waals surface area contributed by atoms with Crippen molar-refractivity contribution in [2.24, 2.45) is 5.92 Å². The number of nitriles is 1. The van der Waals surface area contributed by atoms with E-state index in [1.54, 1.807) is 0 Å². The number of piperidine rings is 1. The lowest BCUT2D eigenvalue weighted by atomic mass is 9.96. The molecule has 0 aromatic rings. The molecule has 1 aliphatic heterocycles. The predicted octanol–water partition coefficient (Wildman–Crippen LogP) is 1.56.